The van der Waals surface area contributed by atoms with E-state index in [0.717, 1.165) is 11.3 Å². The second kappa shape index (κ2) is 8.12. The summed E-state index contributed by atoms with van der Waals surface area (Å²) in [4.78, 5) is 24.2. The van der Waals surface area contributed by atoms with Gasteiger partial charge in [0.05, 0.1) is 24.9 Å². The molecule has 6 nitrogen and oxygen atoms in total. The van der Waals surface area contributed by atoms with Gasteiger partial charge in [0.25, 0.3) is 0 Å². The molecule has 26 heavy (non-hydrogen) atoms. The molecule has 0 aliphatic carbocycles. The van der Waals surface area contributed by atoms with Gasteiger partial charge in [0.15, 0.2) is 0 Å². The predicted octanol–water partition coefficient (Wildman–Crippen LogP) is 2.48. The minimum absolute atomic E-state index is 0.0875. The molecular weight excluding hydrogens is 337 g/mol. The first kappa shape index (κ1) is 19.6. The lowest BCUT2D eigenvalue weighted by atomic mass is 10.0. The molecule has 0 saturated carbocycles. The van der Waals surface area contributed by atoms with Crippen LogP contribution in [0.4, 0.5) is 4.39 Å². The molecule has 2 rings (SSSR count). The molecule has 1 heterocycles. The number of carbonyl (C=O) groups excluding carboxylic acids is 2. The molecule has 1 atom stereocenters. The van der Waals surface area contributed by atoms with Crippen LogP contribution >= 0.6 is 0 Å². The molecule has 1 aromatic carbocycles. The van der Waals surface area contributed by atoms with Crippen molar-refractivity contribution in [3.05, 3.63) is 47.0 Å². The van der Waals surface area contributed by atoms with E-state index in [1.807, 2.05) is 27.7 Å². The van der Waals surface area contributed by atoms with Gasteiger partial charge in [-0.1, -0.05) is 13.8 Å². The average Bonchev–Trinajstić information content (AvgIpc) is 2.87. The highest BCUT2D eigenvalue weighted by atomic mass is 19.1. The Labute approximate surface area is 152 Å². The molecule has 1 N–H and O–H groups in total. The number of nitrogens with one attached hydrogen (secondary N) is 1. The van der Waals surface area contributed by atoms with Crippen LogP contribution in [0.5, 0.6) is 0 Å². The monoisotopic (exact) mass is 361 g/mol. The van der Waals surface area contributed by atoms with E-state index in [2.05, 4.69) is 10.4 Å². The van der Waals surface area contributed by atoms with Gasteiger partial charge < -0.3 is 10.1 Å². The number of nitrogens with zero attached hydrogens (tertiary/aromatic N) is 2. The maximum Gasteiger partial charge on any atom is 0.328 e. The molecule has 1 aromatic heterocycles. The minimum Gasteiger partial charge on any atom is -0.467 e. The second-order valence-corrected chi connectivity index (χ2v) is 6.53. The van der Waals surface area contributed by atoms with Crippen molar-refractivity contribution in [2.75, 3.05) is 7.11 Å². The van der Waals surface area contributed by atoms with Crippen molar-refractivity contribution in [3.63, 3.8) is 0 Å². The van der Waals surface area contributed by atoms with E-state index >= 15 is 0 Å². The van der Waals surface area contributed by atoms with Gasteiger partial charge in [0.2, 0.25) is 5.91 Å². The van der Waals surface area contributed by atoms with E-state index in [0.29, 0.717) is 11.4 Å². The lowest BCUT2D eigenvalue weighted by Crippen LogP contribution is -2.45. The third-order valence-corrected chi connectivity index (χ3v) is 4.29. The van der Waals surface area contributed by atoms with Crippen molar-refractivity contribution in [1.29, 1.82) is 0 Å². The zero-order valence-electron chi connectivity index (χ0n) is 15.7. The molecule has 0 saturated heterocycles. The lowest BCUT2D eigenvalue weighted by Gasteiger charge is -2.19. The Kier molecular flexibility index (Phi) is 6.13. The van der Waals surface area contributed by atoms with E-state index < -0.39 is 12.0 Å². The Morgan fingerprint density at radius 1 is 1.23 bits per heavy atom. The van der Waals surface area contributed by atoms with Gasteiger partial charge in [-0.3, -0.25) is 4.79 Å². The van der Waals surface area contributed by atoms with E-state index in [4.69, 9.17) is 4.74 Å². The molecule has 0 spiro atoms. The summed E-state index contributed by atoms with van der Waals surface area (Å²) in [7, 11) is 1.30. The summed E-state index contributed by atoms with van der Waals surface area (Å²) in [6.45, 7) is 7.35. The van der Waals surface area contributed by atoms with Crippen LogP contribution in [0, 0.1) is 25.6 Å². The molecule has 0 bridgehead atoms. The second-order valence-electron chi connectivity index (χ2n) is 6.53. The van der Waals surface area contributed by atoms with Crippen LogP contribution in [-0.4, -0.2) is 34.8 Å². The van der Waals surface area contributed by atoms with Gasteiger partial charge >= 0.3 is 5.97 Å². The van der Waals surface area contributed by atoms with Gasteiger partial charge in [0.1, 0.15) is 11.9 Å². The van der Waals surface area contributed by atoms with Gasteiger partial charge in [-0.15, -0.1) is 0 Å². The zero-order chi connectivity index (χ0) is 19.4. The number of aryl methyl sites for hydroxylation is 1. The maximum absolute atomic E-state index is 13.1. The van der Waals surface area contributed by atoms with Gasteiger partial charge in [-0.25, -0.2) is 13.9 Å². The first-order valence-electron chi connectivity index (χ1n) is 8.42. The third-order valence-electron chi connectivity index (χ3n) is 4.29. The van der Waals surface area contributed by atoms with E-state index in [1.54, 1.807) is 16.8 Å². The number of benzene rings is 1. The standard InChI is InChI=1S/C19H24FN3O3/c1-11(2)18(19(25)26-5)21-17(24)10-16-12(3)22-23(13(16)4)15-8-6-14(20)7-9-15/h6-9,11,18H,10H2,1-5H3,(H,21,24). The number of hydrogen-bond donors (Lipinski definition) is 1. The summed E-state index contributed by atoms with van der Waals surface area (Å²) >= 11 is 0. The molecule has 0 fully saturated rings. The summed E-state index contributed by atoms with van der Waals surface area (Å²) in [5.41, 5.74) is 3.00. The quantitative estimate of drug-likeness (QED) is 0.803. The molecule has 1 amide bonds. The summed E-state index contributed by atoms with van der Waals surface area (Å²) < 4.78 is 19.5. The van der Waals surface area contributed by atoms with E-state index in [-0.39, 0.29) is 24.1 Å². The minimum atomic E-state index is -0.694. The first-order chi connectivity index (χ1) is 12.2. The highest BCUT2D eigenvalue weighted by molar-refractivity contribution is 5.86. The van der Waals surface area contributed by atoms with Crippen molar-refractivity contribution in [1.82, 2.24) is 15.1 Å². The zero-order valence-corrected chi connectivity index (χ0v) is 15.7. The normalized spacial score (nSPS) is 12.1. The SMILES string of the molecule is COC(=O)C(NC(=O)Cc1c(C)nn(-c2ccc(F)cc2)c1C)C(C)C. The number of amides is 1. The molecular formula is C19H24FN3O3. The maximum atomic E-state index is 13.1. The number of carbonyl (C=O) groups is 2. The molecule has 0 aliphatic heterocycles. The third kappa shape index (κ3) is 4.28. The van der Waals surface area contributed by atoms with E-state index in [9.17, 15) is 14.0 Å². The van der Waals surface area contributed by atoms with Crippen LogP contribution in [0.15, 0.2) is 24.3 Å². The van der Waals surface area contributed by atoms with Crippen LogP contribution in [-0.2, 0) is 20.7 Å². The van der Waals surface area contributed by atoms with Gasteiger partial charge in [-0.05, 0) is 44.0 Å². The molecule has 2 aromatic rings. The van der Waals surface area contributed by atoms with E-state index in [1.165, 1.54) is 19.2 Å². The Bertz CT molecular complexity index is 797. The number of ether oxygens (including phenoxy) is 1. The number of hydrogen-bond acceptors (Lipinski definition) is 4. The number of aromatic nitrogens is 2. The number of halogens is 1. The van der Waals surface area contributed by atoms with Gasteiger partial charge in [-0.2, -0.15) is 5.10 Å². The Morgan fingerprint density at radius 2 is 1.85 bits per heavy atom. The van der Waals surface area contributed by atoms with Crippen molar-refractivity contribution in [2.24, 2.45) is 5.92 Å². The van der Waals surface area contributed by atoms with Gasteiger partial charge in [0, 0.05) is 11.3 Å². The highest BCUT2D eigenvalue weighted by Crippen LogP contribution is 2.19. The molecule has 0 radical (unpaired) electrons. The van der Waals surface area contributed by atoms with Crippen LogP contribution in [0.1, 0.15) is 30.8 Å². The van der Waals surface area contributed by atoms with Crippen molar-refractivity contribution in [3.8, 4) is 5.69 Å². The fourth-order valence-electron chi connectivity index (χ4n) is 2.77. The fourth-order valence-corrected chi connectivity index (χ4v) is 2.77. The summed E-state index contributed by atoms with van der Waals surface area (Å²) in [5, 5.41) is 7.18. The largest absolute Gasteiger partial charge is 0.467 e. The first-order valence-corrected chi connectivity index (χ1v) is 8.42. The molecule has 7 heteroatoms. The van der Waals surface area contributed by atoms with Crippen molar-refractivity contribution >= 4 is 11.9 Å². The average molecular weight is 361 g/mol. The number of rotatable bonds is 6. The van der Waals surface area contributed by atoms with Crippen molar-refractivity contribution < 1.29 is 18.7 Å². The lowest BCUT2D eigenvalue weighted by molar-refractivity contribution is -0.146. The van der Waals surface area contributed by atoms with Crippen molar-refractivity contribution in [2.45, 2.75) is 40.2 Å². The van der Waals surface area contributed by atoms with Crippen LogP contribution in [0.3, 0.4) is 0 Å². The number of esters is 1. The van der Waals surface area contributed by atoms with Crippen LogP contribution in [0.2, 0.25) is 0 Å². The summed E-state index contributed by atoms with van der Waals surface area (Å²) in [6, 6.07) is 5.29. The highest BCUT2D eigenvalue weighted by Gasteiger charge is 2.26. The fraction of sp³-hybridized carbons (Fsp3) is 0.421. The topological polar surface area (TPSA) is 73.2 Å². The Balaban J connectivity index is 2.20. The predicted molar refractivity (Wildman–Crippen MR) is 95.5 cm³/mol. The molecule has 1 unspecified atom stereocenters. The van der Waals surface area contributed by atoms with Crippen LogP contribution in [0.25, 0.3) is 5.69 Å². The Hall–Kier alpha value is -2.70. The smallest absolute Gasteiger partial charge is 0.328 e. The number of methoxy groups -OCH3 is 1. The molecule has 0 aliphatic rings. The van der Waals surface area contributed by atoms with Crippen LogP contribution < -0.4 is 5.32 Å². The summed E-state index contributed by atoms with van der Waals surface area (Å²) in [6.07, 6.45) is 0.0963. The molecule has 140 valence electrons. The Morgan fingerprint density at radius 3 is 2.38 bits per heavy atom. The summed E-state index contributed by atoms with van der Waals surface area (Å²) in [5.74, 6) is -1.16.